The van der Waals surface area contributed by atoms with E-state index in [2.05, 4.69) is 29.9 Å². The second-order valence-electron chi connectivity index (χ2n) is 8.32. The van der Waals surface area contributed by atoms with Crippen LogP contribution >= 0.6 is 11.6 Å². The van der Waals surface area contributed by atoms with E-state index < -0.39 is 0 Å². The first-order chi connectivity index (χ1) is 16.2. The van der Waals surface area contributed by atoms with E-state index in [9.17, 15) is 0 Å². The second kappa shape index (κ2) is 8.09. The number of nitrogens with zero attached hydrogens (tertiary/aromatic N) is 7. The molecule has 1 aliphatic heterocycles. The number of hydrogen-bond acceptors (Lipinski definition) is 7. The van der Waals surface area contributed by atoms with Crippen molar-refractivity contribution in [3.63, 3.8) is 0 Å². The zero-order valence-electron chi connectivity index (χ0n) is 17.8. The lowest BCUT2D eigenvalue weighted by molar-refractivity contribution is 0.334. The Hall–Kier alpha value is -3.56. The molecule has 0 aliphatic carbocycles. The van der Waals surface area contributed by atoms with Gasteiger partial charge in [-0.05, 0) is 18.6 Å². The summed E-state index contributed by atoms with van der Waals surface area (Å²) < 4.78 is 1.97. The largest absolute Gasteiger partial charge is 0.346 e. The number of nitrogens with one attached hydrogen (secondary N) is 1. The number of rotatable bonds is 5. The van der Waals surface area contributed by atoms with Crippen LogP contribution in [0.25, 0.3) is 33.2 Å². The van der Waals surface area contributed by atoms with Crippen LogP contribution in [0.15, 0.2) is 55.4 Å². The minimum atomic E-state index is 0.0661. The van der Waals surface area contributed by atoms with Crippen LogP contribution in [0.4, 0.5) is 5.95 Å². The van der Waals surface area contributed by atoms with Gasteiger partial charge in [0.2, 0.25) is 5.95 Å². The molecule has 1 fully saturated rings. The summed E-state index contributed by atoms with van der Waals surface area (Å²) in [5, 5.41) is 7.19. The maximum Gasteiger partial charge on any atom is 0.225 e. The Morgan fingerprint density at radius 2 is 2.12 bits per heavy atom. The fourth-order valence-corrected chi connectivity index (χ4v) is 4.93. The Labute approximate surface area is 194 Å². The monoisotopic (exact) mass is 459 g/mol. The van der Waals surface area contributed by atoms with Crippen LogP contribution in [0.2, 0.25) is 5.02 Å². The molecule has 0 spiro atoms. The predicted molar refractivity (Wildman–Crippen MR) is 128 cm³/mol. The quantitative estimate of drug-likeness (QED) is 0.413. The van der Waals surface area contributed by atoms with Gasteiger partial charge in [-0.1, -0.05) is 23.7 Å². The molecule has 1 aromatic carbocycles. The highest BCUT2D eigenvalue weighted by Gasteiger charge is 2.32. The lowest BCUT2D eigenvalue weighted by Gasteiger charge is -2.23. The number of para-hydroxylation sites is 1. The first-order valence-electron chi connectivity index (χ1n) is 10.9. The number of aromatic nitrogens is 7. The fraction of sp³-hybridized carbons (Fsp3) is 0.261. The van der Waals surface area contributed by atoms with Gasteiger partial charge in [0.05, 0.1) is 28.5 Å². The number of nitrogens with two attached hydrogens (primary N) is 1. The van der Waals surface area contributed by atoms with Crippen molar-refractivity contribution in [3.05, 3.63) is 60.4 Å². The lowest BCUT2D eigenvalue weighted by atomic mass is 9.99. The van der Waals surface area contributed by atoms with Crippen molar-refractivity contribution in [2.45, 2.75) is 12.5 Å². The van der Waals surface area contributed by atoms with E-state index in [0.29, 0.717) is 23.4 Å². The Morgan fingerprint density at radius 1 is 1.18 bits per heavy atom. The van der Waals surface area contributed by atoms with E-state index in [1.54, 1.807) is 6.33 Å². The Bertz CT molecular complexity index is 1440. The third-order valence-electron chi connectivity index (χ3n) is 6.41. The van der Waals surface area contributed by atoms with E-state index in [1.807, 2.05) is 53.7 Å². The minimum Gasteiger partial charge on any atom is -0.346 e. The molecule has 5 aromatic rings. The van der Waals surface area contributed by atoms with Crippen molar-refractivity contribution < 1.29 is 0 Å². The van der Waals surface area contributed by atoms with Gasteiger partial charge in [0.15, 0.2) is 0 Å². The van der Waals surface area contributed by atoms with Crippen LogP contribution in [-0.2, 0) is 0 Å². The molecule has 1 saturated heterocycles. The van der Waals surface area contributed by atoms with Gasteiger partial charge in [-0.25, -0.2) is 19.9 Å². The smallest absolute Gasteiger partial charge is 0.225 e. The zero-order chi connectivity index (χ0) is 22.4. The van der Waals surface area contributed by atoms with Crippen molar-refractivity contribution in [2.75, 3.05) is 24.5 Å². The highest BCUT2D eigenvalue weighted by Crippen LogP contribution is 2.32. The molecule has 3 N–H and O–H groups in total. The average Bonchev–Trinajstić information content (AvgIpc) is 3.61. The van der Waals surface area contributed by atoms with Crippen LogP contribution < -0.4 is 10.6 Å². The normalized spacial score (nSPS) is 17.3. The third-order valence-corrected chi connectivity index (χ3v) is 6.72. The van der Waals surface area contributed by atoms with Gasteiger partial charge < -0.3 is 15.6 Å². The van der Waals surface area contributed by atoms with Gasteiger partial charge in [0, 0.05) is 60.5 Å². The van der Waals surface area contributed by atoms with Crippen molar-refractivity contribution >= 4 is 39.5 Å². The second-order valence-corrected chi connectivity index (χ2v) is 8.72. The van der Waals surface area contributed by atoms with E-state index in [-0.39, 0.29) is 6.04 Å². The summed E-state index contributed by atoms with van der Waals surface area (Å²) in [7, 11) is 0. The van der Waals surface area contributed by atoms with Crippen LogP contribution in [0.1, 0.15) is 12.5 Å². The molecule has 10 heteroatoms. The molecule has 0 amide bonds. The average molecular weight is 460 g/mol. The number of aromatic amines is 1. The fourth-order valence-electron chi connectivity index (χ4n) is 4.71. The van der Waals surface area contributed by atoms with Crippen molar-refractivity contribution in [1.29, 1.82) is 0 Å². The first-order valence-corrected chi connectivity index (χ1v) is 11.3. The molecular weight excluding hydrogens is 438 g/mol. The van der Waals surface area contributed by atoms with E-state index in [4.69, 9.17) is 22.3 Å². The van der Waals surface area contributed by atoms with Crippen LogP contribution in [-0.4, -0.2) is 54.3 Å². The highest BCUT2D eigenvalue weighted by molar-refractivity contribution is 6.35. The zero-order valence-corrected chi connectivity index (χ0v) is 18.5. The summed E-state index contributed by atoms with van der Waals surface area (Å²) in [6, 6.07) is 7.78. The van der Waals surface area contributed by atoms with Crippen LogP contribution in [0.3, 0.4) is 0 Å². The van der Waals surface area contributed by atoms with Gasteiger partial charge in [0.25, 0.3) is 0 Å². The maximum atomic E-state index is 6.35. The van der Waals surface area contributed by atoms with E-state index >= 15 is 0 Å². The first kappa shape index (κ1) is 20.1. The van der Waals surface area contributed by atoms with Gasteiger partial charge in [0.1, 0.15) is 12.0 Å². The summed E-state index contributed by atoms with van der Waals surface area (Å²) in [4.78, 5) is 23.4. The molecule has 2 unspecified atom stereocenters. The standard InChI is InChI=1S/C23H22ClN9/c24-18-3-1-2-14-9-27-23(31-21(14)18)32-7-5-15(11-32)19(8-25)33-12-16(10-30-33)20-17-4-6-26-22(17)29-13-28-20/h1-4,6,9-10,12-13,15,19H,5,7-8,11,25H2,(H,26,28,29). The Morgan fingerprint density at radius 3 is 3.03 bits per heavy atom. The van der Waals surface area contributed by atoms with E-state index in [0.717, 1.165) is 52.7 Å². The molecule has 0 saturated carbocycles. The number of halogens is 1. The summed E-state index contributed by atoms with van der Waals surface area (Å²) in [5.41, 5.74) is 9.62. The molecule has 5 heterocycles. The number of hydrogen-bond donors (Lipinski definition) is 2. The molecular formula is C23H22ClN9. The lowest BCUT2D eigenvalue weighted by Crippen LogP contribution is -2.30. The topological polar surface area (TPSA) is 114 Å². The number of anilines is 1. The molecule has 4 aromatic heterocycles. The van der Waals surface area contributed by atoms with Crippen LogP contribution in [0.5, 0.6) is 0 Å². The summed E-state index contributed by atoms with van der Waals surface area (Å²) in [6.07, 6.45) is 10.1. The van der Waals surface area contributed by atoms with Crippen LogP contribution in [0, 0.1) is 5.92 Å². The molecule has 166 valence electrons. The molecule has 9 nitrogen and oxygen atoms in total. The molecule has 33 heavy (non-hydrogen) atoms. The molecule has 0 bridgehead atoms. The van der Waals surface area contributed by atoms with Gasteiger partial charge in [-0.2, -0.15) is 5.10 Å². The molecule has 2 atom stereocenters. The van der Waals surface area contributed by atoms with Crippen molar-refractivity contribution in [1.82, 2.24) is 34.7 Å². The Balaban J connectivity index is 1.25. The molecule has 1 aliphatic rings. The number of H-pyrrole nitrogens is 1. The minimum absolute atomic E-state index is 0.0661. The molecule has 0 radical (unpaired) electrons. The third kappa shape index (κ3) is 3.49. The van der Waals surface area contributed by atoms with Crippen molar-refractivity contribution in [2.24, 2.45) is 11.7 Å². The SMILES string of the molecule is NCC(C1CCN(c2ncc3cccc(Cl)c3n2)C1)n1cc(-c2ncnc3[nH]ccc23)cn1. The van der Waals surface area contributed by atoms with Crippen molar-refractivity contribution in [3.8, 4) is 11.3 Å². The predicted octanol–water partition coefficient (Wildman–Crippen LogP) is 3.44. The summed E-state index contributed by atoms with van der Waals surface area (Å²) in [6.45, 7) is 2.16. The van der Waals surface area contributed by atoms with E-state index in [1.165, 1.54) is 0 Å². The summed E-state index contributed by atoms with van der Waals surface area (Å²) in [5.74, 6) is 1.02. The number of fused-ring (bicyclic) bond motifs is 2. The van der Waals surface area contributed by atoms with Gasteiger partial charge >= 0.3 is 0 Å². The highest BCUT2D eigenvalue weighted by atomic mass is 35.5. The number of benzene rings is 1. The summed E-state index contributed by atoms with van der Waals surface area (Å²) >= 11 is 6.35. The maximum absolute atomic E-state index is 6.35. The Kier molecular flexibility index (Phi) is 4.92. The van der Waals surface area contributed by atoms with Gasteiger partial charge in [-0.15, -0.1) is 0 Å². The van der Waals surface area contributed by atoms with Gasteiger partial charge in [-0.3, -0.25) is 4.68 Å². The molecule has 6 rings (SSSR count).